The lowest BCUT2D eigenvalue weighted by molar-refractivity contribution is -0.134. The molecule has 2 atom stereocenters. The first-order chi connectivity index (χ1) is 23.9. The maximum Gasteiger partial charge on any atom is 0.331 e. The zero-order chi connectivity index (χ0) is 35.5. The second kappa shape index (κ2) is 13.7. The summed E-state index contributed by atoms with van der Waals surface area (Å²) in [5.74, 6) is -5.29. The number of carbonyl (C=O) groups excluding carboxylic acids is 5. The molecular weight excluding hydrogens is 644 g/mol. The summed E-state index contributed by atoms with van der Waals surface area (Å²) in [6, 6.07) is 11.4. The van der Waals surface area contributed by atoms with Gasteiger partial charge in [0.05, 0.1) is 11.4 Å². The third kappa shape index (κ3) is 7.31. The van der Waals surface area contributed by atoms with Crippen molar-refractivity contribution in [3.8, 4) is 0 Å². The van der Waals surface area contributed by atoms with Crippen molar-refractivity contribution in [3.05, 3.63) is 131 Å². The van der Waals surface area contributed by atoms with Crippen molar-refractivity contribution >= 4 is 64.1 Å². The Kier molecular flexibility index (Phi) is 9.04. The number of hydrogen-bond donors (Lipinski definition) is 4. The first-order valence-corrected chi connectivity index (χ1v) is 15.2. The van der Waals surface area contributed by atoms with Gasteiger partial charge in [0.2, 0.25) is 0 Å². The van der Waals surface area contributed by atoms with Gasteiger partial charge >= 0.3 is 18.0 Å². The van der Waals surface area contributed by atoms with E-state index in [9.17, 15) is 43.8 Å². The van der Waals surface area contributed by atoms with Gasteiger partial charge in [-0.2, -0.15) is 0 Å². The van der Waals surface area contributed by atoms with Crippen molar-refractivity contribution in [3.63, 3.8) is 0 Å². The fourth-order valence-corrected chi connectivity index (χ4v) is 5.69. The van der Waals surface area contributed by atoms with Crippen molar-refractivity contribution < 1.29 is 43.8 Å². The molecule has 2 aromatic rings. The summed E-state index contributed by atoms with van der Waals surface area (Å²) in [5.41, 5.74) is 2.05. The van der Waals surface area contributed by atoms with Crippen LogP contribution in [0.4, 0.5) is 16.2 Å². The number of amides is 4. The number of Topliss-reactive ketones (excluding diaryl/α,β-unsaturated/α-hetero) is 2. The highest BCUT2D eigenvalue weighted by Crippen LogP contribution is 2.31. The maximum absolute atomic E-state index is 12.9. The monoisotopic (exact) mass is 670 g/mol. The van der Waals surface area contributed by atoms with Gasteiger partial charge in [0.1, 0.15) is 0 Å². The number of carbonyl (C=O) groups is 7. The quantitative estimate of drug-likeness (QED) is 0.336. The largest absolute Gasteiger partial charge is 0.478 e. The Labute approximate surface area is 283 Å². The minimum atomic E-state index is -1.15. The molecule has 13 heteroatoms. The number of carboxylic acids is 2. The number of aliphatic carboxylic acids is 2. The van der Waals surface area contributed by atoms with E-state index in [0.717, 1.165) is 0 Å². The highest BCUT2D eigenvalue weighted by molar-refractivity contribution is 6.19. The summed E-state index contributed by atoms with van der Waals surface area (Å²) in [7, 11) is 0. The Hall–Kier alpha value is -6.89. The number of carboxylic acid groups (broad SMARTS) is 2. The molecule has 248 valence electrons. The summed E-state index contributed by atoms with van der Waals surface area (Å²) in [6.07, 6.45) is 11.7. The van der Waals surface area contributed by atoms with Crippen LogP contribution in [-0.2, 0) is 19.2 Å². The van der Waals surface area contributed by atoms with Crippen LogP contribution < -0.4 is 10.6 Å². The minimum Gasteiger partial charge on any atom is -0.478 e. The number of benzene rings is 2. The molecule has 4 N–H and O–H groups in total. The lowest BCUT2D eigenvalue weighted by Crippen LogP contribution is -2.23. The number of allylic oxidation sites excluding steroid dienone is 10. The molecule has 0 saturated heterocycles. The number of hydrogen-bond acceptors (Lipinski definition) is 7. The van der Waals surface area contributed by atoms with Gasteiger partial charge in [0, 0.05) is 69.5 Å². The van der Waals surface area contributed by atoms with E-state index in [4.69, 9.17) is 0 Å². The van der Waals surface area contributed by atoms with Crippen LogP contribution in [-0.4, -0.2) is 63.0 Å². The SMILES string of the molecule is O=C(Nc1cccc(C(=O)N=C2C=CC3C=C(C(=O)O)CC(=O)C3=C2)c1)Nc1cccc(C(=O)N=C2C=CC3C=C(C(=O)O)CC(=O)C3=C2)c1. The number of aliphatic imine (C=N–C) groups is 2. The number of anilines is 2. The fraction of sp³-hybridized carbons (Fsp3) is 0.108. The lowest BCUT2D eigenvalue weighted by atomic mass is 9.81. The van der Waals surface area contributed by atoms with Crippen LogP contribution in [0.1, 0.15) is 33.6 Å². The summed E-state index contributed by atoms with van der Waals surface area (Å²) >= 11 is 0. The van der Waals surface area contributed by atoms with Crippen molar-refractivity contribution in [2.45, 2.75) is 12.8 Å². The van der Waals surface area contributed by atoms with Gasteiger partial charge < -0.3 is 20.8 Å². The van der Waals surface area contributed by atoms with Crippen LogP contribution in [0.25, 0.3) is 0 Å². The Balaban J connectivity index is 1.09. The molecule has 0 aromatic heterocycles. The minimum absolute atomic E-state index is 0.0175. The van der Waals surface area contributed by atoms with Gasteiger partial charge in [-0.15, -0.1) is 0 Å². The molecule has 4 amide bonds. The first kappa shape index (κ1) is 33.0. The zero-order valence-corrected chi connectivity index (χ0v) is 26.0. The third-order valence-corrected chi connectivity index (χ3v) is 8.13. The summed E-state index contributed by atoms with van der Waals surface area (Å²) in [6.45, 7) is 0. The molecule has 50 heavy (non-hydrogen) atoms. The third-order valence-electron chi connectivity index (χ3n) is 8.13. The van der Waals surface area contributed by atoms with E-state index in [0.29, 0.717) is 11.1 Å². The van der Waals surface area contributed by atoms with Crippen molar-refractivity contribution in [1.29, 1.82) is 0 Å². The van der Waals surface area contributed by atoms with Crippen LogP contribution in [0.15, 0.2) is 129 Å². The van der Waals surface area contributed by atoms with E-state index in [1.165, 1.54) is 60.7 Å². The molecule has 0 bridgehead atoms. The number of nitrogens with zero attached hydrogens (tertiary/aromatic N) is 2. The fourth-order valence-electron chi connectivity index (χ4n) is 5.69. The van der Waals surface area contributed by atoms with E-state index in [-0.39, 0.29) is 69.5 Å². The van der Waals surface area contributed by atoms with Crippen LogP contribution in [0.3, 0.4) is 0 Å². The molecule has 0 spiro atoms. The van der Waals surface area contributed by atoms with Crippen LogP contribution in [0.5, 0.6) is 0 Å². The average Bonchev–Trinajstić information content (AvgIpc) is 3.08. The number of ketones is 2. The van der Waals surface area contributed by atoms with Gasteiger partial charge in [-0.3, -0.25) is 19.2 Å². The number of rotatable bonds is 6. The van der Waals surface area contributed by atoms with Crippen molar-refractivity contribution in [2.75, 3.05) is 10.6 Å². The van der Waals surface area contributed by atoms with E-state index in [1.54, 1.807) is 36.4 Å². The summed E-state index contributed by atoms with van der Waals surface area (Å²) in [4.78, 5) is 94.4. The predicted molar refractivity (Wildman–Crippen MR) is 181 cm³/mol. The van der Waals surface area contributed by atoms with E-state index >= 15 is 0 Å². The molecule has 4 aliphatic carbocycles. The molecule has 0 radical (unpaired) electrons. The first-order valence-electron chi connectivity index (χ1n) is 15.2. The Morgan fingerprint density at radius 2 is 1.06 bits per heavy atom. The summed E-state index contributed by atoms with van der Waals surface area (Å²) < 4.78 is 0. The van der Waals surface area contributed by atoms with Gasteiger partial charge in [-0.1, -0.05) is 36.4 Å². The number of urea groups is 1. The normalized spacial score (nSPS) is 20.9. The van der Waals surface area contributed by atoms with Crippen molar-refractivity contribution in [2.24, 2.45) is 21.8 Å². The van der Waals surface area contributed by atoms with Gasteiger partial charge in [0.15, 0.2) is 11.6 Å². The average molecular weight is 671 g/mol. The van der Waals surface area contributed by atoms with Crippen LogP contribution in [0, 0.1) is 11.8 Å². The second-order valence-corrected chi connectivity index (χ2v) is 11.6. The highest BCUT2D eigenvalue weighted by Gasteiger charge is 2.30. The molecule has 0 fully saturated rings. The molecule has 13 nitrogen and oxygen atoms in total. The number of fused-ring (bicyclic) bond motifs is 2. The molecule has 0 saturated carbocycles. The van der Waals surface area contributed by atoms with Crippen LogP contribution >= 0.6 is 0 Å². The lowest BCUT2D eigenvalue weighted by Gasteiger charge is -2.22. The van der Waals surface area contributed by atoms with Gasteiger partial charge in [-0.05, 0) is 60.7 Å². The Morgan fingerprint density at radius 1 is 0.640 bits per heavy atom. The molecular formula is C37H26N4O9. The second-order valence-electron chi connectivity index (χ2n) is 11.6. The standard InChI is InChI=1S/C37H26N4O9/c42-31-15-23(35(46)47)11-19-7-9-27(17-29(19)31)38-33(44)21-3-1-5-25(13-21)40-37(50)41-26-6-2-4-22(14-26)34(45)39-28-10-8-20-12-24(36(48)49)16-32(43)30(20)18-28/h1-14,17-20H,15-16H2,(H,46,47)(H,48,49)(H2,40,41,50). The van der Waals surface area contributed by atoms with E-state index in [1.807, 2.05) is 0 Å². The van der Waals surface area contributed by atoms with Gasteiger partial charge in [0.25, 0.3) is 11.8 Å². The molecule has 2 unspecified atom stereocenters. The Bertz CT molecular complexity index is 2030. The molecule has 2 aromatic carbocycles. The zero-order valence-electron chi connectivity index (χ0n) is 26.0. The molecule has 0 aliphatic heterocycles. The van der Waals surface area contributed by atoms with Crippen LogP contribution in [0.2, 0.25) is 0 Å². The predicted octanol–water partition coefficient (Wildman–Crippen LogP) is 4.69. The molecule has 4 aliphatic rings. The summed E-state index contributed by atoms with van der Waals surface area (Å²) in [5, 5.41) is 23.7. The van der Waals surface area contributed by atoms with Gasteiger partial charge in [-0.25, -0.2) is 24.4 Å². The van der Waals surface area contributed by atoms with E-state index in [2.05, 4.69) is 20.6 Å². The topological polar surface area (TPSA) is 209 Å². The van der Waals surface area contributed by atoms with E-state index < -0.39 is 41.6 Å². The molecule has 6 rings (SSSR count). The highest BCUT2D eigenvalue weighted by atomic mass is 16.4. The maximum atomic E-state index is 12.9. The molecule has 0 heterocycles. The van der Waals surface area contributed by atoms with Crippen molar-refractivity contribution in [1.82, 2.24) is 0 Å². The number of nitrogens with one attached hydrogen (secondary N) is 2. The Morgan fingerprint density at radius 3 is 1.46 bits per heavy atom. The smallest absolute Gasteiger partial charge is 0.331 e.